The van der Waals surface area contributed by atoms with Crippen LogP contribution in [0.5, 0.6) is 0 Å². The predicted octanol–water partition coefficient (Wildman–Crippen LogP) is 10.5. The lowest BCUT2D eigenvalue weighted by molar-refractivity contribution is 0.651. The van der Waals surface area contributed by atoms with Crippen molar-refractivity contribution in [2.24, 2.45) is 0 Å². The van der Waals surface area contributed by atoms with E-state index < -0.39 is 10.0 Å². The average molecular weight is 670 g/mol. The maximum absolute atomic E-state index is 5.11. The Morgan fingerprint density at radius 2 is 1.02 bits per heavy atom. The van der Waals surface area contributed by atoms with Gasteiger partial charge in [-0.25, -0.2) is 25.0 Å². The van der Waals surface area contributed by atoms with Crippen LogP contribution in [0.15, 0.2) is 115 Å². The number of rotatable bonds is 4. The molecule has 3 heterocycles. The summed E-state index contributed by atoms with van der Waals surface area (Å²) in [5, 5.41) is 2.33. The minimum Gasteiger partial charge on any atom is -0.264 e. The Kier molecular flexibility index (Phi) is 6.57. The molecule has 4 aromatic carbocycles. The van der Waals surface area contributed by atoms with Gasteiger partial charge in [0.2, 0.25) is 0 Å². The van der Waals surface area contributed by atoms with E-state index in [-0.39, 0.29) is 10.8 Å². The van der Waals surface area contributed by atoms with Crippen molar-refractivity contribution in [2.45, 2.75) is 43.4 Å². The number of pyridine rings is 2. The minimum atomic E-state index is -0.839. The Morgan fingerprint density at radius 1 is 0.480 bits per heavy atom. The first-order chi connectivity index (χ1) is 23.9. The van der Waals surface area contributed by atoms with Crippen LogP contribution in [-0.4, -0.2) is 43.7 Å². The van der Waals surface area contributed by atoms with Gasteiger partial charge in [0.25, 0.3) is 0 Å². The topological polar surface area (TPSA) is 64.5 Å². The predicted molar refractivity (Wildman–Crippen MR) is 208 cm³/mol. The highest BCUT2D eigenvalue weighted by molar-refractivity contribution is 8.32. The largest absolute Gasteiger partial charge is 0.264 e. The second-order valence-corrected chi connectivity index (χ2v) is 19.6. The lowest BCUT2D eigenvalue weighted by Crippen LogP contribution is -2.17. The Hall–Kier alpha value is -5.20. The fourth-order valence-corrected chi connectivity index (χ4v) is 9.05. The van der Waals surface area contributed by atoms with Crippen LogP contribution in [0.3, 0.4) is 0 Å². The summed E-state index contributed by atoms with van der Waals surface area (Å²) in [6.07, 6.45) is 14.3. The molecule has 50 heavy (non-hydrogen) atoms. The third-order valence-electron chi connectivity index (χ3n) is 10.9. The van der Waals surface area contributed by atoms with Crippen molar-refractivity contribution in [1.29, 1.82) is 0 Å². The Bertz CT molecular complexity index is 2460. The molecule has 0 saturated heterocycles. The van der Waals surface area contributed by atoms with E-state index in [1.165, 1.54) is 54.8 Å². The molecule has 3 aromatic heterocycles. The number of benzene rings is 4. The van der Waals surface area contributed by atoms with Gasteiger partial charge in [-0.3, -0.25) is 9.97 Å². The van der Waals surface area contributed by atoms with Crippen LogP contribution < -0.4 is 0 Å². The number of hydrogen-bond donors (Lipinski definition) is 0. The first-order valence-corrected chi connectivity index (χ1v) is 19.9. The smallest absolute Gasteiger partial charge is 0.165 e. The van der Waals surface area contributed by atoms with Crippen LogP contribution >= 0.6 is 10.0 Å². The van der Waals surface area contributed by atoms with E-state index in [4.69, 9.17) is 15.0 Å². The molecular weight excluding hydrogens is 631 g/mol. The Labute approximate surface area is 295 Å². The molecule has 5 nitrogen and oxygen atoms in total. The van der Waals surface area contributed by atoms with Crippen molar-refractivity contribution in [2.75, 3.05) is 18.8 Å². The van der Waals surface area contributed by atoms with E-state index >= 15 is 0 Å². The van der Waals surface area contributed by atoms with Gasteiger partial charge in [0.1, 0.15) is 0 Å². The number of nitrogens with zero attached hydrogens (tertiary/aromatic N) is 5. The van der Waals surface area contributed by atoms with Gasteiger partial charge in [-0.2, -0.15) is 0 Å². The first-order valence-electron chi connectivity index (χ1n) is 17.1. The van der Waals surface area contributed by atoms with E-state index in [1.54, 1.807) is 24.8 Å². The summed E-state index contributed by atoms with van der Waals surface area (Å²) in [5.41, 5.74) is 13.2. The van der Waals surface area contributed by atoms with Gasteiger partial charge in [-0.1, -0.05) is 58.0 Å². The third kappa shape index (κ3) is 4.51. The molecule has 6 heteroatoms. The molecule has 2 aliphatic carbocycles. The lowest BCUT2D eigenvalue weighted by Gasteiger charge is -2.29. The van der Waals surface area contributed by atoms with Crippen LogP contribution in [0.2, 0.25) is 0 Å². The minimum absolute atomic E-state index is 0.0979. The Morgan fingerprint density at radius 3 is 1.64 bits per heavy atom. The molecule has 9 rings (SSSR count). The summed E-state index contributed by atoms with van der Waals surface area (Å²) < 4.78 is 0. The molecule has 0 radical (unpaired) electrons. The Balaban J connectivity index is 1.28. The standard InChI is InChI=1S/C44H39N5S/c1-43(2)35-20-28(50(5,6)7)16-17-30(35)32-21-37-34(23-36(32)43)39-31-15-9-8-14-29(31)33(22-38(39)44(37,3)4)42-48-40(26-12-10-18-45-24-26)47-41(49-42)27-13-11-19-46-25-27/h8-25H,1-7H3. The number of hydrogen-bond acceptors (Lipinski definition) is 5. The zero-order valence-corrected chi connectivity index (χ0v) is 30.4. The molecule has 246 valence electrons. The van der Waals surface area contributed by atoms with Crippen molar-refractivity contribution in [1.82, 2.24) is 24.9 Å². The maximum atomic E-state index is 5.11. The molecule has 0 N–H and O–H groups in total. The summed E-state index contributed by atoms with van der Waals surface area (Å²) in [6.45, 7) is 9.53. The van der Waals surface area contributed by atoms with Crippen molar-refractivity contribution >= 4 is 20.8 Å². The van der Waals surface area contributed by atoms with Crippen molar-refractivity contribution in [3.63, 3.8) is 0 Å². The third-order valence-corrected chi connectivity index (χ3v) is 12.5. The molecule has 7 aromatic rings. The van der Waals surface area contributed by atoms with E-state index in [0.29, 0.717) is 17.5 Å². The SMILES string of the molecule is CC1(C)c2cc(S(C)(C)C)ccc2-c2cc3c(cc21)-c1c(cc(-c2nc(-c4cccnc4)nc(-c4cccnc4)n2)c2ccccc12)C3(C)C. The van der Waals surface area contributed by atoms with E-state index in [2.05, 4.69) is 117 Å². The number of aromatic nitrogens is 5. The molecule has 0 saturated carbocycles. The zero-order valence-electron chi connectivity index (χ0n) is 29.5. The van der Waals surface area contributed by atoms with Gasteiger partial charge in [0.15, 0.2) is 17.5 Å². The summed E-state index contributed by atoms with van der Waals surface area (Å²) in [6, 6.07) is 31.1. The maximum Gasteiger partial charge on any atom is 0.165 e. The average Bonchev–Trinajstić information content (AvgIpc) is 3.49. The van der Waals surface area contributed by atoms with Gasteiger partial charge in [-0.15, -0.1) is 0 Å². The molecule has 0 fully saturated rings. The van der Waals surface area contributed by atoms with E-state index in [9.17, 15) is 0 Å². The van der Waals surface area contributed by atoms with Gasteiger partial charge in [0, 0.05) is 52.3 Å². The molecule has 2 aliphatic rings. The quantitative estimate of drug-likeness (QED) is 0.187. The highest BCUT2D eigenvalue weighted by Crippen LogP contribution is 2.59. The molecular formula is C44H39N5S. The lowest BCUT2D eigenvalue weighted by atomic mass is 9.79. The molecule has 0 bridgehead atoms. The van der Waals surface area contributed by atoms with Gasteiger partial charge in [0.05, 0.1) is 0 Å². The summed E-state index contributed by atoms with van der Waals surface area (Å²) >= 11 is 0. The fraction of sp³-hybridized carbons (Fsp3) is 0.205. The van der Waals surface area contributed by atoms with E-state index in [1.807, 2.05) is 24.3 Å². The normalized spacial score (nSPS) is 15.3. The summed E-state index contributed by atoms with van der Waals surface area (Å²) in [7, 11) is -0.839. The molecule has 0 amide bonds. The van der Waals surface area contributed by atoms with E-state index in [0.717, 1.165) is 22.1 Å². The zero-order chi connectivity index (χ0) is 34.6. The van der Waals surface area contributed by atoms with Gasteiger partial charge >= 0.3 is 0 Å². The molecule has 0 spiro atoms. The highest BCUT2D eigenvalue weighted by Gasteiger charge is 2.43. The summed E-state index contributed by atoms with van der Waals surface area (Å²) in [5.74, 6) is 1.81. The molecule has 0 aliphatic heterocycles. The van der Waals surface area contributed by atoms with Crippen LogP contribution in [0.1, 0.15) is 49.9 Å². The van der Waals surface area contributed by atoms with Crippen molar-refractivity contribution < 1.29 is 0 Å². The second-order valence-electron chi connectivity index (χ2n) is 15.4. The fourth-order valence-electron chi connectivity index (χ4n) is 8.10. The van der Waals surface area contributed by atoms with Gasteiger partial charge in [-0.05, 0) is 134 Å². The van der Waals surface area contributed by atoms with Crippen molar-refractivity contribution in [3.8, 4) is 56.4 Å². The second kappa shape index (κ2) is 10.6. The number of fused-ring (bicyclic) bond motifs is 8. The molecule has 0 unspecified atom stereocenters. The summed E-state index contributed by atoms with van der Waals surface area (Å²) in [4.78, 5) is 25.3. The first kappa shape index (κ1) is 30.8. The van der Waals surface area contributed by atoms with Crippen LogP contribution in [0.25, 0.3) is 67.2 Å². The highest BCUT2D eigenvalue weighted by atomic mass is 32.3. The molecule has 0 atom stereocenters. The van der Waals surface area contributed by atoms with Crippen LogP contribution in [0, 0.1) is 0 Å². The van der Waals surface area contributed by atoms with Crippen LogP contribution in [0.4, 0.5) is 0 Å². The van der Waals surface area contributed by atoms with Crippen molar-refractivity contribution in [3.05, 3.63) is 132 Å². The van der Waals surface area contributed by atoms with Gasteiger partial charge < -0.3 is 0 Å². The van der Waals surface area contributed by atoms with Crippen LogP contribution in [-0.2, 0) is 10.8 Å². The monoisotopic (exact) mass is 669 g/mol.